The van der Waals surface area contributed by atoms with Crippen LogP contribution in [0, 0.1) is 0 Å². The molecule has 3 rings (SSSR count). The van der Waals surface area contributed by atoms with E-state index in [1.54, 1.807) is 0 Å². The Kier molecular flexibility index (Phi) is 2.44. The number of para-hydroxylation sites is 2. The molecule has 0 saturated heterocycles. The molecule has 1 aromatic heterocycles. The van der Waals surface area contributed by atoms with E-state index in [-0.39, 0.29) is 5.54 Å². The van der Waals surface area contributed by atoms with Crippen LogP contribution in [0.25, 0.3) is 21.8 Å². The Morgan fingerprint density at radius 3 is 1.72 bits per heavy atom. The minimum absolute atomic E-state index is 0.142. The summed E-state index contributed by atoms with van der Waals surface area (Å²) in [7, 11) is 0. The average molecular weight is 237 g/mol. The highest BCUT2D eigenvalue weighted by Gasteiger charge is 2.22. The van der Waals surface area contributed by atoms with E-state index in [0.717, 1.165) is 6.42 Å². The molecule has 0 atom stereocenters. The summed E-state index contributed by atoms with van der Waals surface area (Å²) in [6, 6.07) is 17.4. The molecule has 1 heterocycles. The minimum Gasteiger partial charge on any atom is -0.335 e. The van der Waals surface area contributed by atoms with Gasteiger partial charge in [-0.2, -0.15) is 0 Å². The predicted molar refractivity (Wildman–Crippen MR) is 79.1 cm³/mol. The lowest BCUT2D eigenvalue weighted by Crippen LogP contribution is -2.24. The number of rotatable bonds is 2. The topological polar surface area (TPSA) is 4.93 Å². The van der Waals surface area contributed by atoms with E-state index in [1.165, 1.54) is 21.8 Å². The SMILES string of the molecule is CCC(C)(C)n1c2ccccc2c2ccccc21. The molecule has 0 N–H and O–H groups in total. The standard InChI is InChI=1S/C17H19N/c1-4-17(2,3)18-15-11-7-5-9-13(15)14-10-6-8-12-16(14)18/h5-12H,4H2,1-3H3. The van der Waals surface area contributed by atoms with Crippen LogP contribution >= 0.6 is 0 Å². The molecule has 0 aliphatic rings. The van der Waals surface area contributed by atoms with E-state index >= 15 is 0 Å². The van der Waals surface area contributed by atoms with Crippen molar-refractivity contribution in [3.63, 3.8) is 0 Å². The maximum Gasteiger partial charge on any atom is 0.0496 e. The van der Waals surface area contributed by atoms with Gasteiger partial charge in [0.15, 0.2) is 0 Å². The van der Waals surface area contributed by atoms with Crippen LogP contribution in [0.4, 0.5) is 0 Å². The summed E-state index contributed by atoms with van der Waals surface area (Å²) in [6.45, 7) is 6.88. The fourth-order valence-corrected chi connectivity index (χ4v) is 2.73. The number of fused-ring (bicyclic) bond motifs is 3. The number of aromatic nitrogens is 1. The normalized spacial score (nSPS) is 12.4. The Morgan fingerprint density at radius 1 is 0.833 bits per heavy atom. The third-order valence-electron chi connectivity index (χ3n) is 4.05. The average Bonchev–Trinajstić information content (AvgIpc) is 2.74. The van der Waals surface area contributed by atoms with Crippen molar-refractivity contribution in [2.45, 2.75) is 32.7 Å². The summed E-state index contributed by atoms with van der Waals surface area (Å²) in [6.07, 6.45) is 1.12. The zero-order valence-electron chi connectivity index (χ0n) is 11.3. The van der Waals surface area contributed by atoms with Crippen LogP contribution in [-0.4, -0.2) is 4.57 Å². The number of benzene rings is 2. The molecule has 92 valence electrons. The predicted octanol–water partition coefficient (Wildman–Crippen LogP) is 4.94. The molecule has 0 fully saturated rings. The van der Waals surface area contributed by atoms with Gasteiger partial charge < -0.3 is 4.57 Å². The molecular formula is C17H19N. The molecule has 1 nitrogen and oxygen atoms in total. The molecule has 0 aliphatic carbocycles. The van der Waals surface area contributed by atoms with Gasteiger partial charge in [0.05, 0.1) is 0 Å². The Labute approximate surface area is 108 Å². The van der Waals surface area contributed by atoms with E-state index < -0.39 is 0 Å². The lowest BCUT2D eigenvalue weighted by molar-refractivity contribution is 0.364. The van der Waals surface area contributed by atoms with E-state index in [1.807, 2.05) is 0 Å². The van der Waals surface area contributed by atoms with Crippen molar-refractivity contribution in [3.05, 3.63) is 48.5 Å². The van der Waals surface area contributed by atoms with Gasteiger partial charge in [0, 0.05) is 27.3 Å². The van der Waals surface area contributed by atoms with E-state index in [4.69, 9.17) is 0 Å². The molecule has 3 aromatic rings. The van der Waals surface area contributed by atoms with Gasteiger partial charge in [0.25, 0.3) is 0 Å². The quantitative estimate of drug-likeness (QED) is 0.595. The van der Waals surface area contributed by atoms with Crippen molar-refractivity contribution >= 4 is 21.8 Å². The second kappa shape index (κ2) is 3.88. The van der Waals surface area contributed by atoms with Crippen LogP contribution < -0.4 is 0 Å². The second-order valence-corrected chi connectivity index (χ2v) is 5.54. The monoisotopic (exact) mass is 237 g/mol. The van der Waals surface area contributed by atoms with Gasteiger partial charge in [0.2, 0.25) is 0 Å². The lowest BCUT2D eigenvalue weighted by atomic mass is 10.0. The van der Waals surface area contributed by atoms with Gasteiger partial charge in [-0.05, 0) is 32.4 Å². The van der Waals surface area contributed by atoms with Gasteiger partial charge in [-0.1, -0.05) is 43.3 Å². The molecule has 0 bridgehead atoms. The molecule has 0 radical (unpaired) electrons. The van der Waals surface area contributed by atoms with Crippen LogP contribution in [0.15, 0.2) is 48.5 Å². The van der Waals surface area contributed by atoms with Gasteiger partial charge in [-0.15, -0.1) is 0 Å². The summed E-state index contributed by atoms with van der Waals surface area (Å²) in [5.74, 6) is 0. The van der Waals surface area contributed by atoms with Crippen LogP contribution in [0.1, 0.15) is 27.2 Å². The number of nitrogens with zero attached hydrogens (tertiary/aromatic N) is 1. The first kappa shape index (κ1) is 11.3. The first-order valence-corrected chi connectivity index (χ1v) is 6.64. The smallest absolute Gasteiger partial charge is 0.0496 e. The van der Waals surface area contributed by atoms with Crippen molar-refractivity contribution in [2.24, 2.45) is 0 Å². The lowest BCUT2D eigenvalue weighted by Gasteiger charge is -2.27. The highest BCUT2D eigenvalue weighted by Crippen LogP contribution is 2.35. The maximum atomic E-state index is 2.48. The van der Waals surface area contributed by atoms with Crippen LogP contribution in [0.2, 0.25) is 0 Å². The van der Waals surface area contributed by atoms with Gasteiger partial charge >= 0.3 is 0 Å². The second-order valence-electron chi connectivity index (χ2n) is 5.54. The third kappa shape index (κ3) is 1.47. The zero-order chi connectivity index (χ0) is 12.8. The summed E-state index contributed by atoms with van der Waals surface area (Å²) >= 11 is 0. The van der Waals surface area contributed by atoms with Crippen LogP contribution in [-0.2, 0) is 5.54 Å². The Bertz CT molecular complexity index is 651. The number of hydrogen-bond donors (Lipinski definition) is 0. The van der Waals surface area contributed by atoms with E-state index in [0.29, 0.717) is 0 Å². The number of hydrogen-bond acceptors (Lipinski definition) is 0. The molecule has 0 unspecified atom stereocenters. The summed E-state index contributed by atoms with van der Waals surface area (Å²) in [5, 5.41) is 2.71. The van der Waals surface area contributed by atoms with Crippen molar-refractivity contribution in [1.29, 1.82) is 0 Å². The van der Waals surface area contributed by atoms with Crippen molar-refractivity contribution in [1.82, 2.24) is 4.57 Å². The van der Waals surface area contributed by atoms with Gasteiger partial charge in [-0.25, -0.2) is 0 Å². The Hall–Kier alpha value is -1.76. The zero-order valence-corrected chi connectivity index (χ0v) is 11.3. The van der Waals surface area contributed by atoms with E-state index in [9.17, 15) is 0 Å². The molecule has 0 amide bonds. The van der Waals surface area contributed by atoms with E-state index in [2.05, 4.69) is 73.9 Å². The maximum absolute atomic E-state index is 2.48. The molecule has 2 aromatic carbocycles. The fraction of sp³-hybridized carbons (Fsp3) is 0.294. The summed E-state index contributed by atoms with van der Waals surface area (Å²) in [5.41, 5.74) is 2.82. The molecule has 0 saturated carbocycles. The van der Waals surface area contributed by atoms with Gasteiger partial charge in [0.1, 0.15) is 0 Å². The molecular weight excluding hydrogens is 218 g/mol. The first-order valence-electron chi connectivity index (χ1n) is 6.64. The Morgan fingerprint density at radius 2 is 1.28 bits per heavy atom. The van der Waals surface area contributed by atoms with Crippen molar-refractivity contribution in [3.8, 4) is 0 Å². The highest BCUT2D eigenvalue weighted by atomic mass is 15.1. The Balaban J connectivity index is 2.53. The third-order valence-corrected chi connectivity index (χ3v) is 4.05. The van der Waals surface area contributed by atoms with Gasteiger partial charge in [-0.3, -0.25) is 0 Å². The summed E-state index contributed by atoms with van der Waals surface area (Å²) < 4.78 is 2.48. The molecule has 0 aliphatic heterocycles. The largest absolute Gasteiger partial charge is 0.335 e. The summed E-state index contributed by atoms with van der Waals surface area (Å²) in [4.78, 5) is 0. The van der Waals surface area contributed by atoms with Crippen LogP contribution in [0.5, 0.6) is 0 Å². The van der Waals surface area contributed by atoms with Crippen molar-refractivity contribution < 1.29 is 0 Å². The highest BCUT2D eigenvalue weighted by molar-refractivity contribution is 6.08. The first-order chi connectivity index (χ1) is 8.65. The minimum atomic E-state index is 0.142. The fourth-order valence-electron chi connectivity index (χ4n) is 2.73. The van der Waals surface area contributed by atoms with Crippen molar-refractivity contribution in [2.75, 3.05) is 0 Å². The molecule has 1 heteroatoms. The molecule has 0 spiro atoms. The van der Waals surface area contributed by atoms with Crippen LogP contribution in [0.3, 0.4) is 0 Å². The molecule has 18 heavy (non-hydrogen) atoms.